The normalized spacial score (nSPS) is 11.0. The van der Waals surface area contributed by atoms with Crippen molar-refractivity contribution in [2.24, 2.45) is 0 Å². The standard InChI is InChI=1S/C23H27N3O2S/c1-16-13-21(19-9-6-5-7-10-19)25-23(24-16)29-15-22(27)20-14-17(2)26(18(20)3)11-8-12-28-4/h5-7,9-10,13-14H,8,11-12,15H2,1-4H3. The van der Waals surface area contributed by atoms with Crippen molar-refractivity contribution in [3.63, 3.8) is 0 Å². The largest absolute Gasteiger partial charge is 0.385 e. The van der Waals surface area contributed by atoms with Crippen molar-refractivity contribution >= 4 is 17.5 Å². The molecule has 0 atom stereocenters. The number of nitrogens with zero attached hydrogens (tertiary/aromatic N) is 3. The van der Waals surface area contributed by atoms with E-state index in [1.807, 2.05) is 63.2 Å². The summed E-state index contributed by atoms with van der Waals surface area (Å²) in [4.78, 5) is 22.0. The van der Waals surface area contributed by atoms with Gasteiger partial charge in [-0.1, -0.05) is 42.1 Å². The zero-order valence-electron chi connectivity index (χ0n) is 17.4. The Bertz CT molecular complexity index is 983. The average Bonchev–Trinajstić information content (AvgIpc) is 3.01. The molecule has 0 aliphatic rings. The number of hydrogen-bond donors (Lipinski definition) is 0. The average molecular weight is 410 g/mol. The van der Waals surface area contributed by atoms with Gasteiger partial charge in [0.1, 0.15) is 0 Å². The maximum Gasteiger partial charge on any atom is 0.188 e. The number of benzene rings is 1. The summed E-state index contributed by atoms with van der Waals surface area (Å²) in [5.74, 6) is 0.424. The molecule has 0 radical (unpaired) electrons. The first-order chi connectivity index (χ1) is 14.0. The Hall–Kier alpha value is -2.44. The van der Waals surface area contributed by atoms with Crippen LogP contribution in [0.5, 0.6) is 0 Å². The van der Waals surface area contributed by atoms with Crippen LogP contribution in [0, 0.1) is 20.8 Å². The van der Waals surface area contributed by atoms with E-state index in [0.717, 1.165) is 46.9 Å². The van der Waals surface area contributed by atoms with Crippen molar-refractivity contribution in [1.29, 1.82) is 0 Å². The summed E-state index contributed by atoms with van der Waals surface area (Å²) in [6.45, 7) is 7.57. The molecule has 2 aromatic heterocycles. The molecule has 0 fully saturated rings. The molecule has 5 nitrogen and oxygen atoms in total. The van der Waals surface area contributed by atoms with E-state index in [1.165, 1.54) is 11.8 Å². The molecule has 6 heteroatoms. The first kappa shape index (κ1) is 21.3. The lowest BCUT2D eigenvalue weighted by atomic mass is 10.1. The van der Waals surface area contributed by atoms with E-state index in [-0.39, 0.29) is 5.78 Å². The molecular weight excluding hydrogens is 382 g/mol. The van der Waals surface area contributed by atoms with Crippen LogP contribution in [-0.2, 0) is 11.3 Å². The molecule has 2 heterocycles. The second-order valence-corrected chi connectivity index (χ2v) is 7.98. The Balaban J connectivity index is 1.71. The number of methoxy groups -OCH3 is 1. The number of ketones is 1. The molecule has 0 saturated carbocycles. The Morgan fingerprint density at radius 2 is 1.86 bits per heavy atom. The second kappa shape index (κ2) is 9.85. The third kappa shape index (κ3) is 5.34. The molecule has 29 heavy (non-hydrogen) atoms. The highest BCUT2D eigenvalue weighted by Crippen LogP contribution is 2.24. The van der Waals surface area contributed by atoms with Crippen LogP contribution in [0.2, 0.25) is 0 Å². The third-order valence-corrected chi connectivity index (χ3v) is 5.69. The minimum atomic E-state index is 0.104. The Kier molecular flexibility index (Phi) is 7.23. The van der Waals surface area contributed by atoms with Gasteiger partial charge in [-0.2, -0.15) is 0 Å². The molecule has 0 aliphatic carbocycles. The highest BCUT2D eigenvalue weighted by atomic mass is 32.2. The summed E-state index contributed by atoms with van der Waals surface area (Å²) in [6, 6.07) is 14.0. The maximum absolute atomic E-state index is 12.9. The zero-order valence-corrected chi connectivity index (χ0v) is 18.3. The van der Waals surface area contributed by atoms with E-state index in [1.54, 1.807) is 7.11 Å². The molecule has 3 rings (SSSR count). The lowest BCUT2D eigenvalue weighted by Gasteiger charge is -2.09. The van der Waals surface area contributed by atoms with E-state index in [2.05, 4.69) is 14.5 Å². The highest BCUT2D eigenvalue weighted by molar-refractivity contribution is 7.99. The fourth-order valence-corrected chi connectivity index (χ4v) is 4.15. The topological polar surface area (TPSA) is 57.0 Å². The van der Waals surface area contributed by atoms with Gasteiger partial charge < -0.3 is 9.30 Å². The molecule has 1 aromatic carbocycles. The monoisotopic (exact) mass is 409 g/mol. The molecule has 0 amide bonds. The van der Waals surface area contributed by atoms with E-state index < -0.39 is 0 Å². The molecule has 3 aromatic rings. The number of hydrogen-bond acceptors (Lipinski definition) is 5. The summed E-state index contributed by atoms with van der Waals surface area (Å²) in [5.41, 5.74) is 5.72. The van der Waals surface area contributed by atoms with Crippen LogP contribution in [0.4, 0.5) is 0 Å². The van der Waals surface area contributed by atoms with E-state index in [4.69, 9.17) is 4.74 Å². The van der Waals surface area contributed by atoms with Gasteiger partial charge in [0.05, 0.1) is 11.4 Å². The predicted molar refractivity (Wildman–Crippen MR) is 118 cm³/mol. The second-order valence-electron chi connectivity index (χ2n) is 7.04. The van der Waals surface area contributed by atoms with Crippen LogP contribution < -0.4 is 0 Å². The summed E-state index contributed by atoms with van der Waals surface area (Å²) in [5, 5.41) is 0.631. The summed E-state index contributed by atoms with van der Waals surface area (Å²) in [6.07, 6.45) is 0.925. The molecule has 0 aliphatic heterocycles. The van der Waals surface area contributed by atoms with Gasteiger partial charge in [-0.3, -0.25) is 4.79 Å². The molecule has 0 spiro atoms. The minimum absolute atomic E-state index is 0.104. The van der Waals surface area contributed by atoms with Crippen LogP contribution in [0.25, 0.3) is 11.3 Å². The first-order valence-electron chi connectivity index (χ1n) is 9.72. The number of rotatable bonds is 9. The predicted octanol–water partition coefficient (Wildman–Crippen LogP) is 4.88. The fourth-order valence-electron chi connectivity index (χ4n) is 3.37. The van der Waals surface area contributed by atoms with Crippen LogP contribution in [0.3, 0.4) is 0 Å². The van der Waals surface area contributed by atoms with Crippen LogP contribution in [0.1, 0.15) is 33.9 Å². The molecular formula is C23H27N3O2S. The number of aryl methyl sites for hydroxylation is 2. The number of thioether (sulfide) groups is 1. The number of Topliss-reactive ketones (excluding diaryl/α,β-unsaturated/α-hetero) is 1. The van der Waals surface area contributed by atoms with E-state index in [0.29, 0.717) is 17.5 Å². The maximum atomic E-state index is 12.9. The van der Waals surface area contributed by atoms with Crippen LogP contribution in [-0.4, -0.2) is 39.8 Å². The summed E-state index contributed by atoms with van der Waals surface area (Å²) < 4.78 is 7.33. The zero-order chi connectivity index (χ0) is 20.8. The van der Waals surface area contributed by atoms with Gasteiger partial charge in [0.25, 0.3) is 0 Å². The molecule has 0 N–H and O–H groups in total. The summed E-state index contributed by atoms with van der Waals surface area (Å²) in [7, 11) is 1.71. The van der Waals surface area contributed by atoms with Crippen molar-refractivity contribution in [1.82, 2.24) is 14.5 Å². The Morgan fingerprint density at radius 3 is 2.59 bits per heavy atom. The smallest absolute Gasteiger partial charge is 0.188 e. The van der Waals surface area contributed by atoms with Crippen LogP contribution >= 0.6 is 11.8 Å². The quantitative estimate of drug-likeness (QED) is 0.218. The summed E-state index contributed by atoms with van der Waals surface area (Å²) >= 11 is 1.39. The van der Waals surface area contributed by atoms with E-state index in [9.17, 15) is 4.79 Å². The van der Waals surface area contributed by atoms with Crippen molar-refractivity contribution in [3.8, 4) is 11.3 Å². The highest BCUT2D eigenvalue weighted by Gasteiger charge is 2.17. The van der Waals surface area contributed by atoms with Gasteiger partial charge in [-0.15, -0.1) is 0 Å². The first-order valence-corrected chi connectivity index (χ1v) is 10.7. The SMILES string of the molecule is COCCCn1c(C)cc(C(=O)CSc2nc(C)cc(-c3ccccc3)n2)c1C. The van der Waals surface area contributed by atoms with Gasteiger partial charge in [0, 0.05) is 48.5 Å². The molecule has 0 saturated heterocycles. The van der Waals surface area contributed by atoms with Crippen LogP contribution in [0.15, 0.2) is 47.6 Å². The number of aromatic nitrogens is 3. The fraction of sp³-hybridized carbons (Fsp3) is 0.348. The lowest BCUT2D eigenvalue weighted by Crippen LogP contribution is -2.08. The lowest BCUT2D eigenvalue weighted by molar-refractivity contribution is 0.102. The van der Waals surface area contributed by atoms with Crippen molar-refractivity contribution in [2.45, 2.75) is 38.9 Å². The molecule has 152 valence electrons. The van der Waals surface area contributed by atoms with Crippen molar-refractivity contribution in [2.75, 3.05) is 19.5 Å². The van der Waals surface area contributed by atoms with Gasteiger partial charge >= 0.3 is 0 Å². The van der Waals surface area contributed by atoms with Gasteiger partial charge in [0.2, 0.25) is 0 Å². The number of ether oxygens (including phenoxy) is 1. The van der Waals surface area contributed by atoms with Gasteiger partial charge in [0.15, 0.2) is 10.9 Å². The minimum Gasteiger partial charge on any atom is -0.385 e. The van der Waals surface area contributed by atoms with E-state index >= 15 is 0 Å². The number of carbonyl (C=O) groups is 1. The third-order valence-electron chi connectivity index (χ3n) is 4.84. The van der Waals surface area contributed by atoms with Crippen molar-refractivity contribution in [3.05, 3.63) is 65.1 Å². The van der Waals surface area contributed by atoms with Gasteiger partial charge in [-0.25, -0.2) is 9.97 Å². The Labute approximate surface area is 176 Å². The number of carbonyl (C=O) groups excluding carboxylic acids is 1. The molecule has 0 unspecified atom stereocenters. The Morgan fingerprint density at radius 1 is 1.10 bits per heavy atom. The molecule has 0 bridgehead atoms. The van der Waals surface area contributed by atoms with Crippen molar-refractivity contribution < 1.29 is 9.53 Å². The van der Waals surface area contributed by atoms with Gasteiger partial charge in [-0.05, 0) is 39.3 Å².